The molecule has 1 aliphatic rings. The number of piperidine rings is 1. The molecule has 0 aliphatic carbocycles. The molecule has 1 aromatic carbocycles. The number of rotatable bonds is 2. The maximum absolute atomic E-state index is 12.1. The third-order valence-electron chi connectivity index (χ3n) is 3.42. The van der Waals surface area contributed by atoms with Gasteiger partial charge in [0.05, 0.1) is 5.56 Å². The van der Waals surface area contributed by atoms with E-state index in [4.69, 9.17) is 5.11 Å². The van der Waals surface area contributed by atoms with Gasteiger partial charge in [0.2, 0.25) is 0 Å². The van der Waals surface area contributed by atoms with E-state index >= 15 is 0 Å². The van der Waals surface area contributed by atoms with Crippen LogP contribution in [0.25, 0.3) is 0 Å². The molecule has 0 spiro atoms. The summed E-state index contributed by atoms with van der Waals surface area (Å²) in [4.78, 5) is 24.8. The highest BCUT2D eigenvalue weighted by atomic mass is 16.4. The molecule has 0 aromatic heterocycles. The summed E-state index contributed by atoms with van der Waals surface area (Å²) in [6, 6.07) is 6.36. The van der Waals surface area contributed by atoms with E-state index in [-0.39, 0.29) is 17.6 Å². The van der Waals surface area contributed by atoms with Crippen LogP contribution < -0.4 is 5.32 Å². The van der Waals surface area contributed by atoms with Crippen molar-refractivity contribution in [2.24, 2.45) is 0 Å². The standard InChI is InChI=1S/C14H18N2O3/c1-10-5-2-3-8-16(10)14(19)15-12-7-4-6-11(9-12)13(17)18/h4,6-7,9-10H,2-3,5,8H2,1H3,(H,15,19)(H,17,18). The average Bonchev–Trinajstić information content (AvgIpc) is 2.39. The van der Waals surface area contributed by atoms with Crippen LogP contribution in [0.2, 0.25) is 0 Å². The topological polar surface area (TPSA) is 69.6 Å². The summed E-state index contributed by atoms with van der Waals surface area (Å²) in [5.41, 5.74) is 0.687. The lowest BCUT2D eigenvalue weighted by atomic mass is 10.0. The number of likely N-dealkylation sites (tertiary alicyclic amines) is 1. The Kier molecular flexibility index (Phi) is 4.04. The quantitative estimate of drug-likeness (QED) is 0.861. The van der Waals surface area contributed by atoms with Crippen molar-refractivity contribution in [2.75, 3.05) is 11.9 Å². The lowest BCUT2D eigenvalue weighted by Gasteiger charge is -2.33. The van der Waals surface area contributed by atoms with Crippen LogP contribution in [-0.2, 0) is 0 Å². The molecular weight excluding hydrogens is 244 g/mol. The second kappa shape index (κ2) is 5.73. The zero-order chi connectivity index (χ0) is 13.8. The van der Waals surface area contributed by atoms with Gasteiger partial charge in [-0.2, -0.15) is 0 Å². The van der Waals surface area contributed by atoms with Crippen molar-refractivity contribution in [1.29, 1.82) is 0 Å². The molecule has 1 atom stereocenters. The van der Waals surface area contributed by atoms with Gasteiger partial charge in [0, 0.05) is 18.3 Å². The van der Waals surface area contributed by atoms with Gasteiger partial charge in [-0.1, -0.05) is 6.07 Å². The Bertz CT molecular complexity index is 487. The van der Waals surface area contributed by atoms with Crippen LogP contribution in [0.5, 0.6) is 0 Å². The number of amides is 2. The first-order chi connectivity index (χ1) is 9.08. The number of carboxylic acids is 1. The molecular formula is C14H18N2O3. The summed E-state index contributed by atoms with van der Waals surface area (Å²) in [5, 5.41) is 11.7. The number of anilines is 1. The number of hydrogen-bond acceptors (Lipinski definition) is 2. The van der Waals surface area contributed by atoms with E-state index in [1.54, 1.807) is 17.0 Å². The van der Waals surface area contributed by atoms with Crippen LogP contribution in [0.4, 0.5) is 10.5 Å². The Hall–Kier alpha value is -2.04. The second-order valence-corrected chi connectivity index (χ2v) is 4.85. The molecule has 0 bridgehead atoms. The molecule has 19 heavy (non-hydrogen) atoms. The van der Waals surface area contributed by atoms with Gasteiger partial charge >= 0.3 is 12.0 Å². The van der Waals surface area contributed by atoms with E-state index in [0.29, 0.717) is 5.69 Å². The number of carbonyl (C=O) groups excluding carboxylic acids is 1. The highest BCUT2D eigenvalue weighted by molar-refractivity contribution is 5.93. The Balaban J connectivity index is 2.06. The van der Waals surface area contributed by atoms with Gasteiger partial charge in [0.1, 0.15) is 0 Å². The summed E-state index contributed by atoms with van der Waals surface area (Å²) < 4.78 is 0. The summed E-state index contributed by atoms with van der Waals surface area (Å²) in [6.45, 7) is 2.79. The lowest BCUT2D eigenvalue weighted by Crippen LogP contribution is -2.44. The minimum Gasteiger partial charge on any atom is -0.478 e. The zero-order valence-electron chi connectivity index (χ0n) is 10.9. The van der Waals surface area contributed by atoms with Crippen LogP contribution in [0.3, 0.4) is 0 Å². The first-order valence-electron chi connectivity index (χ1n) is 6.49. The van der Waals surface area contributed by atoms with Crippen LogP contribution in [0.1, 0.15) is 36.5 Å². The van der Waals surface area contributed by atoms with Gasteiger partial charge in [0.25, 0.3) is 0 Å². The van der Waals surface area contributed by atoms with Crippen LogP contribution in [-0.4, -0.2) is 34.6 Å². The van der Waals surface area contributed by atoms with Gasteiger partial charge in [-0.25, -0.2) is 9.59 Å². The molecule has 1 aliphatic heterocycles. The molecule has 1 fully saturated rings. The number of aromatic carboxylic acids is 1. The number of urea groups is 1. The smallest absolute Gasteiger partial charge is 0.335 e. The summed E-state index contributed by atoms with van der Waals surface area (Å²) in [6.07, 6.45) is 3.19. The van der Waals surface area contributed by atoms with Gasteiger partial charge in [-0.05, 0) is 44.4 Å². The number of hydrogen-bond donors (Lipinski definition) is 2. The molecule has 2 rings (SSSR count). The molecule has 5 heteroatoms. The Morgan fingerprint density at radius 3 is 2.84 bits per heavy atom. The fourth-order valence-electron chi connectivity index (χ4n) is 2.33. The van der Waals surface area contributed by atoms with E-state index in [1.165, 1.54) is 12.1 Å². The van der Waals surface area contributed by atoms with Gasteiger partial charge < -0.3 is 15.3 Å². The predicted octanol–water partition coefficient (Wildman–Crippen LogP) is 2.79. The summed E-state index contributed by atoms with van der Waals surface area (Å²) >= 11 is 0. The largest absolute Gasteiger partial charge is 0.478 e. The second-order valence-electron chi connectivity index (χ2n) is 4.85. The van der Waals surface area contributed by atoms with Crippen molar-refractivity contribution < 1.29 is 14.7 Å². The monoisotopic (exact) mass is 262 g/mol. The highest BCUT2D eigenvalue weighted by Gasteiger charge is 2.23. The zero-order valence-corrected chi connectivity index (χ0v) is 10.9. The first-order valence-corrected chi connectivity index (χ1v) is 6.49. The molecule has 0 radical (unpaired) electrons. The number of carbonyl (C=O) groups is 2. The highest BCUT2D eigenvalue weighted by Crippen LogP contribution is 2.18. The van der Waals surface area contributed by atoms with Crippen molar-refractivity contribution >= 4 is 17.7 Å². The van der Waals surface area contributed by atoms with E-state index in [9.17, 15) is 9.59 Å². The SMILES string of the molecule is CC1CCCCN1C(=O)Nc1cccc(C(=O)O)c1. The third-order valence-corrected chi connectivity index (χ3v) is 3.42. The molecule has 1 aromatic rings. The normalized spacial score (nSPS) is 19.0. The van der Waals surface area contributed by atoms with E-state index < -0.39 is 5.97 Å². The Morgan fingerprint density at radius 2 is 2.16 bits per heavy atom. The summed E-state index contributed by atoms with van der Waals surface area (Å²) in [5.74, 6) is -0.998. The molecule has 1 unspecified atom stereocenters. The van der Waals surface area contributed by atoms with Crippen LogP contribution >= 0.6 is 0 Å². The van der Waals surface area contributed by atoms with Crippen molar-refractivity contribution in [1.82, 2.24) is 4.90 Å². The van der Waals surface area contributed by atoms with Gasteiger partial charge in [-0.15, -0.1) is 0 Å². The summed E-state index contributed by atoms with van der Waals surface area (Å²) in [7, 11) is 0. The van der Waals surface area contributed by atoms with Gasteiger partial charge in [-0.3, -0.25) is 0 Å². The van der Waals surface area contributed by atoms with Crippen LogP contribution in [0.15, 0.2) is 24.3 Å². The molecule has 5 nitrogen and oxygen atoms in total. The minimum absolute atomic E-state index is 0.158. The van der Waals surface area contributed by atoms with Crippen molar-refractivity contribution in [3.63, 3.8) is 0 Å². The number of carboxylic acid groups (broad SMARTS) is 1. The maximum Gasteiger partial charge on any atom is 0.335 e. The maximum atomic E-state index is 12.1. The molecule has 102 valence electrons. The average molecular weight is 262 g/mol. The van der Waals surface area contributed by atoms with Crippen molar-refractivity contribution in [3.8, 4) is 0 Å². The third kappa shape index (κ3) is 3.24. The molecule has 0 saturated carbocycles. The Morgan fingerprint density at radius 1 is 1.37 bits per heavy atom. The number of nitrogens with zero attached hydrogens (tertiary/aromatic N) is 1. The number of nitrogens with one attached hydrogen (secondary N) is 1. The molecule has 1 saturated heterocycles. The Labute approximate surface area is 112 Å². The molecule has 1 heterocycles. The fraction of sp³-hybridized carbons (Fsp3) is 0.429. The first kappa shape index (κ1) is 13.4. The van der Waals surface area contributed by atoms with E-state index in [0.717, 1.165) is 25.8 Å². The molecule has 2 amide bonds. The van der Waals surface area contributed by atoms with E-state index in [2.05, 4.69) is 5.32 Å². The van der Waals surface area contributed by atoms with Gasteiger partial charge in [0.15, 0.2) is 0 Å². The van der Waals surface area contributed by atoms with Crippen LogP contribution in [0, 0.1) is 0 Å². The van der Waals surface area contributed by atoms with E-state index in [1.807, 2.05) is 6.92 Å². The minimum atomic E-state index is -0.998. The molecule has 2 N–H and O–H groups in total. The number of benzene rings is 1. The predicted molar refractivity (Wildman–Crippen MR) is 72.4 cm³/mol. The lowest BCUT2D eigenvalue weighted by molar-refractivity contribution is 0.0697. The van der Waals surface area contributed by atoms with Crippen molar-refractivity contribution in [3.05, 3.63) is 29.8 Å². The van der Waals surface area contributed by atoms with Crippen molar-refractivity contribution in [2.45, 2.75) is 32.2 Å². The fourth-order valence-corrected chi connectivity index (χ4v) is 2.33.